The van der Waals surface area contributed by atoms with Gasteiger partial charge in [-0.1, -0.05) is 38.0 Å². The van der Waals surface area contributed by atoms with Crippen LogP contribution >= 0.6 is 0 Å². The molecule has 0 radical (unpaired) electrons. The third kappa shape index (κ3) is 6.61. The highest BCUT2D eigenvalue weighted by molar-refractivity contribution is 5.77. The fourth-order valence-corrected chi connectivity index (χ4v) is 3.02. The van der Waals surface area contributed by atoms with Gasteiger partial charge in [0.2, 0.25) is 0 Å². The molecule has 1 aliphatic heterocycles. The van der Waals surface area contributed by atoms with Gasteiger partial charge in [-0.05, 0) is 56.9 Å². The van der Waals surface area contributed by atoms with Gasteiger partial charge in [-0.2, -0.15) is 0 Å². The molecular formula is C19H30N2O2. The highest BCUT2D eigenvalue weighted by Crippen LogP contribution is 2.17. The molecule has 0 aromatic heterocycles. The van der Waals surface area contributed by atoms with E-state index >= 15 is 0 Å². The Hall–Kier alpha value is -1.55. The number of carbonyl (C=O) groups excluding carboxylic acids is 1. The fourth-order valence-electron chi connectivity index (χ4n) is 3.02. The van der Waals surface area contributed by atoms with Crippen LogP contribution in [-0.2, 0) is 11.2 Å². The number of ether oxygens (including phenoxy) is 1. The van der Waals surface area contributed by atoms with Crippen LogP contribution in [0.25, 0.3) is 0 Å². The van der Waals surface area contributed by atoms with Crippen LogP contribution in [0.15, 0.2) is 24.3 Å². The minimum atomic E-state index is -0.0354. The van der Waals surface area contributed by atoms with E-state index in [1.807, 2.05) is 24.3 Å². The summed E-state index contributed by atoms with van der Waals surface area (Å²) in [5.41, 5.74) is 1.14. The van der Waals surface area contributed by atoms with Gasteiger partial charge in [0.05, 0.1) is 0 Å². The van der Waals surface area contributed by atoms with Crippen LogP contribution in [0.1, 0.15) is 44.6 Å². The number of nitrogens with zero attached hydrogens (tertiary/aromatic N) is 1. The van der Waals surface area contributed by atoms with Crippen molar-refractivity contribution in [3.8, 4) is 5.75 Å². The molecule has 1 fully saturated rings. The van der Waals surface area contributed by atoms with Gasteiger partial charge in [-0.15, -0.1) is 0 Å². The molecule has 1 aromatic carbocycles. The molecule has 4 heteroatoms. The maximum absolute atomic E-state index is 11.9. The van der Waals surface area contributed by atoms with Crippen molar-refractivity contribution < 1.29 is 9.53 Å². The first-order chi connectivity index (χ1) is 11.3. The van der Waals surface area contributed by atoms with Gasteiger partial charge in [0, 0.05) is 6.54 Å². The number of hydrogen-bond donors (Lipinski definition) is 1. The van der Waals surface area contributed by atoms with Gasteiger partial charge in [-0.3, -0.25) is 4.79 Å². The lowest BCUT2D eigenvalue weighted by Gasteiger charge is -2.19. The van der Waals surface area contributed by atoms with E-state index in [0.29, 0.717) is 0 Å². The Balaban J connectivity index is 1.59. The van der Waals surface area contributed by atoms with Crippen LogP contribution in [0.4, 0.5) is 0 Å². The third-order valence-corrected chi connectivity index (χ3v) is 4.38. The van der Waals surface area contributed by atoms with Crippen molar-refractivity contribution in [1.29, 1.82) is 0 Å². The van der Waals surface area contributed by atoms with Gasteiger partial charge < -0.3 is 15.0 Å². The minimum Gasteiger partial charge on any atom is -0.483 e. The van der Waals surface area contributed by atoms with Crippen LogP contribution in [-0.4, -0.2) is 43.6 Å². The molecule has 0 atom stereocenters. The molecule has 1 heterocycles. The number of amides is 1. The standard InChI is InChI=1S/C19H30N2O2/c1-2-17-10-5-6-11-18(17)23-16-19(22)20-12-9-15-21-13-7-3-4-8-14-21/h5-6,10-11H,2-4,7-9,12-16H2,1H3,(H,20,22). The summed E-state index contributed by atoms with van der Waals surface area (Å²) in [4.78, 5) is 14.4. The lowest BCUT2D eigenvalue weighted by molar-refractivity contribution is -0.123. The monoisotopic (exact) mass is 318 g/mol. The summed E-state index contributed by atoms with van der Waals surface area (Å²) < 4.78 is 5.63. The van der Waals surface area contributed by atoms with Crippen LogP contribution in [0.2, 0.25) is 0 Å². The normalized spacial score (nSPS) is 15.9. The number of benzene rings is 1. The summed E-state index contributed by atoms with van der Waals surface area (Å²) in [5, 5.41) is 2.95. The van der Waals surface area contributed by atoms with Crippen molar-refractivity contribution in [2.24, 2.45) is 0 Å². The SMILES string of the molecule is CCc1ccccc1OCC(=O)NCCCN1CCCCCC1. The molecule has 128 valence electrons. The number of aryl methyl sites for hydroxylation is 1. The summed E-state index contributed by atoms with van der Waals surface area (Å²) in [5.74, 6) is 0.779. The van der Waals surface area contributed by atoms with Crippen LogP contribution in [0.5, 0.6) is 5.75 Å². The Bertz CT molecular complexity index is 468. The van der Waals surface area contributed by atoms with Crippen molar-refractivity contribution in [3.63, 3.8) is 0 Å². The molecule has 23 heavy (non-hydrogen) atoms. The molecule has 1 N–H and O–H groups in total. The average molecular weight is 318 g/mol. The first kappa shape index (κ1) is 17.8. The second-order valence-corrected chi connectivity index (χ2v) is 6.21. The second kappa shape index (κ2) is 10.3. The first-order valence-corrected chi connectivity index (χ1v) is 8.99. The van der Waals surface area contributed by atoms with E-state index in [0.717, 1.165) is 37.2 Å². The lowest BCUT2D eigenvalue weighted by atomic mass is 10.1. The fraction of sp³-hybridized carbons (Fsp3) is 0.632. The maximum atomic E-state index is 11.9. The summed E-state index contributed by atoms with van der Waals surface area (Å²) in [6.45, 7) is 6.43. The van der Waals surface area contributed by atoms with E-state index in [-0.39, 0.29) is 12.5 Å². The van der Waals surface area contributed by atoms with Crippen molar-refractivity contribution in [1.82, 2.24) is 10.2 Å². The zero-order chi connectivity index (χ0) is 16.3. The van der Waals surface area contributed by atoms with Crippen molar-refractivity contribution in [3.05, 3.63) is 29.8 Å². The number of hydrogen-bond acceptors (Lipinski definition) is 3. The van der Waals surface area contributed by atoms with E-state index in [2.05, 4.69) is 17.1 Å². The molecule has 1 aliphatic rings. The summed E-state index contributed by atoms with van der Waals surface area (Å²) in [6.07, 6.45) is 7.28. The molecule has 4 nitrogen and oxygen atoms in total. The molecule has 0 bridgehead atoms. The summed E-state index contributed by atoms with van der Waals surface area (Å²) in [7, 11) is 0. The molecule has 2 rings (SSSR count). The average Bonchev–Trinajstić information content (AvgIpc) is 2.86. The smallest absolute Gasteiger partial charge is 0.257 e. The van der Waals surface area contributed by atoms with E-state index in [1.54, 1.807) is 0 Å². The largest absolute Gasteiger partial charge is 0.483 e. The third-order valence-electron chi connectivity index (χ3n) is 4.38. The number of nitrogens with one attached hydrogen (secondary N) is 1. The Kier molecular flexibility index (Phi) is 7.95. The minimum absolute atomic E-state index is 0.0354. The van der Waals surface area contributed by atoms with E-state index in [9.17, 15) is 4.79 Å². The van der Waals surface area contributed by atoms with Gasteiger partial charge in [0.15, 0.2) is 6.61 Å². The number of carbonyl (C=O) groups is 1. The Morgan fingerprint density at radius 3 is 2.65 bits per heavy atom. The quantitative estimate of drug-likeness (QED) is 0.749. The molecule has 1 aromatic rings. The first-order valence-electron chi connectivity index (χ1n) is 8.99. The van der Waals surface area contributed by atoms with E-state index < -0.39 is 0 Å². The molecule has 0 unspecified atom stereocenters. The number of para-hydroxylation sites is 1. The Labute approximate surface area is 140 Å². The van der Waals surface area contributed by atoms with Gasteiger partial charge in [0.1, 0.15) is 5.75 Å². The molecule has 0 saturated carbocycles. The van der Waals surface area contributed by atoms with Gasteiger partial charge in [-0.25, -0.2) is 0 Å². The van der Waals surface area contributed by atoms with Crippen LogP contribution < -0.4 is 10.1 Å². The van der Waals surface area contributed by atoms with Crippen LogP contribution in [0.3, 0.4) is 0 Å². The predicted molar refractivity (Wildman–Crippen MR) is 93.8 cm³/mol. The van der Waals surface area contributed by atoms with E-state index in [4.69, 9.17) is 4.74 Å². The molecule has 0 spiro atoms. The maximum Gasteiger partial charge on any atom is 0.257 e. The Morgan fingerprint density at radius 2 is 1.91 bits per heavy atom. The molecule has 1 saturated heterocycles. The summed E-state index contributed by atoms with van der Waals surface area (Å²) >= 11 is 0. The van der Waals surface area contributed by atoms with Crippen molar-refractivity contribution >= 4 is 5.91 Å². The van der Waals surface area contributed by atoms with Gasteiger partial charge >= 0.3 is 0 Å². The summed E-state index contributed by atoms with van der Waals surface area (Å²) in [6, 6.07) is 7.89. The van der Waals surface area contributed by atoms with E-state index in [1.165, 1.54) is 38.8 Å². The van der Waals surface area contributed by atoms with Crippen LogP contribution in [0, 0.1) is 0 Å². The molecule has 0 aliphatic carbocycles. The van der Waals surface area contributed by atoms with Gasteiger partial charge in [0.25, 0.3) is 5.91 Å². The van der Waals surface area contributed by atoms with Crippen molar-refractivity contribution in [2.45, 2.75) is 45.4 Å². The Morgan fingerprint density at radius 1 is 1.17 bits per heavy atom. The topological polar surface area (TPSA) is 41.6 Å². The zero-order valence-electron chi connectivity index (χ0n) is 14.4. The zero-order valence-corrected chi connectivity index (χ0v) is 14.4. The predicted octanol–water partition coefficient (Wildman–Crippen LogP) is 3.01. The highest BCUT2D eigenvalue weighted by Gasteiger charge is 2.09. The highest BCUT2D eigenvalue weighted by atomic mass is 16.5. The number of likely N-dealkylation sites (tertiary alicyclic amines) is 1. The van der Waals surface area contributed by atoms with Crippen molar-refractivity contribution in [2.75, 3.05) is 32.8 Å². The molecular weight excluding hydrogens is 288 g/mol. The number of rotatable bonds is 8. The second-order valence-electron chi connectivity index (χ2n) is 6.21. The molecule has 1 amide bonds. The lowest BCUT2D eigenvalue weighted by Crippen LogP contribution is -2.33.